The van der Waals surface area contributed by atoms with E-state index in [1.165, 1.54) is 69.8 Å². The summed E-state index contributed by atoms with van der Waals surface area (Å²) in [6.07, 6.45) is 14.6. The molecule has 0 spiro atoms. The third kappa shape index (κ3) is 11.8. The van der Waals surface area contributed by atoms with Crippen LogP contribution in [0.5, 0.6) is 0 Å². The van der Waals surface area contributed by atoms with E-state index >= 15 is 0 Å². The van der Waals surface area contributed by atoms with Crippen molar-refractivity contribution in [1.82, 2.24) is 15.0 Å². The van der Waals surface area contributed by atoms with Crippen molar-refractivity contribution in [1.29, 1.82) is 0 Å². The molecule has 0 bridgehead atoms. The molecule has 2 aromatic rings. The lowest BCUT2D eigenvalue weighted by molar-refractivity contribution is 0.310. The SMILES string of the molecule is CCCCCCCCCCCCc1ccc(Nc2nc(NCCO)nc(NCCO)n2)cc1. The number of unbranched alkanes of at least 4 members (excludes halogenated alkanes) is 9. The molecule has 2 rings (SSSR count). The highest BCUT2D eigenvalue weighted by molar-refractivity contribution is 5.56. The molecule has 0 saturated heterocycles. The fourth-order valence-corrected chi connectivity index (χ4v) is 3.63. The number of nitrogens with one attached hydrogen (secondary N) is 3. The molecule has 0 unspecified atom stereocenters. The summed E-state index contributed by atoms with van der Waals surface area (Å²) in [5, 5.41) is 27.1. The molecule has 0 amide bonds. The zero-order chi connectivity index (χ0) is 23.6. The van der Waals surface area contributed by atoms with E-state index in [0.29, 0.717) is 30.9 Å². The lowest BCUT2D eigenvalue weighted by Crippen LogP contribution is -2.14. The summed E-state index contributed by atoms with van der Waals surface area (Å²) < 4.78 is 0. The Hall–Kier alpha value is -2.45. The van der Waals surface area contributed by atoms with Crippen LogP contribution in [0, 0.1) is 0 Å². The first-order chi connectivity index (χ1) is 16.2. The third-order valence-corrected chi connectivity index (χ3v) is 5.45. The van der Waals surface area contributed by atoms with E-state index in [2.05, 4.69) is 50.0 Å². The molecule has 33 heavy (non-hydrogen) atoms. The summed E-state index contributed by atoms with van der Waals surface area (Å²) in [6, 6.07) is 8.37. The molecule has 0 atom stereocenters. The van der Waals surface area contributed by atoms with Gasteiger partial charge in [-0.15, -0.1) is 0 Å². The minimum atomic E-state index is -0.0195. The topological polar surface area (TPSA) is 115 Å². The maximum atomic E-state index is 9.02. The van der Waals surface area contributed by atoms with E-state index in [4.69, 9.17) is 10.2 Å². The quantitative estimate of drug-likeness (QED) is 0.189. The van der Waals surface area contributed by atoms with Crippen molar-refractivity contribution in [3.8, 4) is 0 Å². The van der Waals surface area contributed by atoms with Crippen molar-refractivity contribution in [3.63, 3.8) is 0 Å². The van der Waals surface area contributed by atoms with E-state index < -0.39 is 0 Å². The summed E-state index contributed by atoms with van der Waals surface area (Å²) in [4.78, 5) is 12.9. The minimum absolute atomic E-state index is 0.0195. The summed E-state index contributed by atoms with van der Waals surface area (Å²) in [5.74, 6) is 1.12. The molecule has 0 fully saturated rings. The number of aliphatic hydroxyl groups is 2. The monoisotopic (exact) mass is 458 g/mol. The van der Waals surface area contributed by atoms with Crippen LogP contribution in [-0.4, -0.2) is 51.5 Å². The Labute approximate surface area is 198 Å². The van der Waals surface area contributed by atoms with E-state index in [1.54, 1.807) is 0 Å². The maximum absolute atomic E-state index is 9.02. The van der Waals surface area contributed by atoms with Crippen LogP contribution in [0.4, 0.5) is 23.5 Å². The average molecular weight is 459 g/mol. The number of rotatable bonds is 19. The smallest absolute Gasteiger partial charge is 0.233 e. The number of benzene rings is 1. The molecule has 0 aliphatic heterocycles. The van der Waals surface area contributed by atoms with Gasteiger partial charge in [0.15, 0.2) is 0 Å². The second-order valence-corrected chi connectivity index (χ2v) is 8.36. The van der Waals surface area contributed by atoms with Gasteiger partial charge in [0, 0.05) is 18.8 Å². The molecule has 0 radical (unpaired) electrons. The first-order valence-electron chi connectivity index (χ1n) is 12.6. The molecular formula is C25H42N6O2. The number of nitrogens with zero attached hydrogens (tertiary/aromatic N) is 3. The van der Waals surface area contributed by atoms with Crippen molar-refractivity contribution in [2.75, 3.05) is 42.3 Å². The highest BCUT2D eigenvalue weighted by Crippen LogP contribution is 2.18. The van der Waals surface area contributed by atoms with E-state index in [9.17, 15) is 0 Å². The molecule has 8 nitrogen and oxygen atoms in total. The molecule has 1 aromatic carbocycles. The zero-order valence-electron chi connectivity index (χ0n) is 20.2. The Morgan fingerprint density at radius 1 is 0.636 bits per heavy atom. The van der Waals surface area contributed by atoms with Crippen LogP contribution in [0.1, 0.15) is 76.7 Å². The minimum Gasteiger partial charge on any atom is -0.395 e. The van der Waals surface area contributed by atoms with Gasteiger partial charge in [0.25, 0.3) is 0 Å². The number of hydrogen-bond donors (Lipinski definition) is 5. The van der Waals surface area contributed by atoms with Gasteiger partial charge in [-0.05, 0) is 30.5 Å². The van der Waals surface area contributed by atoms with Gasteiger partial charge in [0.1, 0.15) is 0 Å². The molecule has 1 aromatic heterocycles. The van der Waals surface area contributed by atoms with Crippen LogP contribution < -0.4 is 16.0 Å². The van der Waals surface area contributed by atoms with Gasteiger partial charge in [-0.3, -0.25) is 0 Å². The van der Waals surface area contributed by atoms with Gasteiger partial charge >= 0.3 is 0 Å². The third-order valence-electron chi connectivity index (χ3n) is 5.45. The van der Waals surface area contributed by atoms with Crippen LogP contribution in [0.25, 0.3) is 0 Å². The molecular weight excluding hydrogens is 416 g/mol. The molecule has 8 heteroatoms. The van der Waals surface area contributed by atoms with Gasteiger partial charge < -0.3 is 26.2 Å². The second kappa shape index (κ2) is 17.1. The van der Waals surface area contributed by atoms with Crippen molar-refractivity contribution in [2.45, 2.75) is 77.6 Å². The zero-order valence-corrected chi connectivity index (χ0v) is 20.2. The Bertz CT molecular complexity index is 731. The summed E-state index contributed by atoms with van der Waals surface area (Å²) in [6.45, 7) is 2.92. The van der Waals surface area contributed by atoms with Crippen LogP contribution >= 0.6 is 0 Å². The van der Waals surface area contributed by atoms with E-state index in [-0.39, 0.29) is 13.2 Å². The molecule has 1 heterocycles. The predicted octanol–water partition coefficient (Wildman–Crippen LogP) is 4.89. The molecule has 5 N–H and O–H groups in total. The molecule has 0 aliphatic carbocycles. The van der Waals surface area contributed by atoms with Crippen molar-refractivity contribution >= 4 is 23.5 Å². The van der Waals surface area contributed by atoms with Crippen LogP contribution in [0.3, 0.4) is 0 Å². The van der Waals surface area contributed by atoms with Gasteiger partial charge in [0.05, 0.1) is 13.2 Å². The number of hydrogen-bond acceptors (Lipinski definition) is 8. The standard InChI is InChI=1S/C25H42N6O2/c1-2-3-4-5-6-7-8-9-10-11-12-21-13-15-22(16-14-21)28-25-30-23(26-17-19-32)29-24(31-25)27-18-20-33/h13-16,32-33H,2-12,17-20H2,1H3,(H3,26,27,28,29,30,31). The summed E-state index contributed by atoms with van der Waals surface area (Å²) >= 11 is 0. The fourth-order valence-electron chi connectivity index (χ4n) is 3.63. The van der Waals surface area contributed by atoms with E-state index in [0.717, 1.165) is 12.1 Å². The first kappa shape index (κ1) is 26.8. The Balaban J connectivity index is 1.74. The largest absolute Gasteiger partial charge is 0.395 e. The van der Waals surface area contributed by atoms with Gasteiger partial charge in [-0.25, -0.2) is 0 Å². The molecule has 0 saturated carbocycles. The average Bonchev–Trinajstić information content (AvgIpc) is 2.83. The predicted molar refractivity (Wildman–Crippen MR) is 136 cm³/mol. The van der Waals surface area contributed by atoms with Crippen molar-refractivity contribution < 1.29 is 10.2 Å². The number of aliphatic hydroxyl groups excluding tert-OH is 2. The molecule has 184 valence electrons. The summed E-state index contributed by atoms with van der Waals surface area (Å²) in [7, 11) is 0. The summed E-state index contributed by atoms with van der Waals surface area (Å²) in [5.41, 5.74) is 2.24. The fraction of sp³-hybridized carbons (Fsp3) is 0.640. The maximum Gasteiger partial charge on any atom is 0.233 e. The Morgan fingerprint density at radius 2 is 1.12 bits per heavy atom. The van der Waals surface area contributed by atoms with Gasteiger partial charge in [-0.2, -0.15) is 15.0 Å². The highest BCUT2D eigenvalue weighted by Gasteiger charge is 2.07. The highest BCUT2D eigenvalue weighted by atomic mass is 16.3. The van der Waals surface area contributed by atoms with E-state index in [1.807, 2.05) is 12.1 Å². The van der Waals surface area contributed by atoms with Crippen molar-refractivity contribution in [3.05, 3.63) is 29.8 Å². The van der Waals surface area contributed by atoms with Gasteiger partial charge in [-0.1, -0.05) is 76.8 Å². The molecule has 0 aliphatic rings. The van der Waals surface area contributed by atoms with Gasteiger partial charge in [0.2, 0.25) is 17.8 Å². The lowest BCUT2D eigenvalue weighted by Gasteiger charge is -2.11. The number of aryl methyl sites for hydroxylation is 1. The Kier molecular flexibility index (Phi) is 13.9. The van der Waals surface area contributed by atoms with Crippen LogP contribution in [-0.2, 0) is 6.42 Å². The Morgan fingerprint density at radius 3 is 1.64 bits per heavy atom. The van der Waals surface area contributed by atoms with Crippen molar-refractivity contribution in [2.24, 2.45) is 0 Å². The number of aromatic nitrogens is 3. The first-order valence-corrected chi connectivity index (χ1v) is 12.6. The van der Waals surface area contributed by atoms with Crippen LogP contribution in [0.2, 0.25) is 0 Å². The second-order valence-electron chi connectivity index (χ2n) is 8.36. The lowest BCUT2D eigenvalue weighted by atomic mass is 10.0. The normalized spacial score (nSPS) is 10.9. The van der Waals surface area contributed by atoms with Crippen LogP contribution in [0.15, 0.2) is 24.3 Å². The number of anilines is 4.